The molecule has 0 aliphatic heterocycles. The molecule has 0 saturated heterocycles. The minimum absolute atomic E-state index is 0.00517. The number of nitrogens with zero attached hydrogens (tertiary/aromatic N) is 1. The monoisotopic (exact) mass is 348 g/mol. The van der Waals surface area contributed by atoms with Crippen LogP contribution in [-0.2, 0) is 4.79 Å². The Hall–Kier alpha value is -2.54. The van der Waals surface area contributed by atoms with Gasteiger partial charge in [0.05, 0.1) is 18.6 Å². The summed E-state index contributed by atoms with van der Waals surface area (Å²) >= 11 is 1.09. The van der Waals surface area contributed by atoms with Crippen molar-refractivity contribution >= 4 is 23.4 Å². The average Bonchev–Trinajstić information content (AvgIpc) is 2.58. The molecule has 0 radical (unpaired) electrons. The second-order valence-electron chi connectivity index (χ2n) is 4.83. The van der Waals surface area contributed by atoms with Gasteiger partial charge in [-0.1, -0.05) is 12.1 Å². The Morgan fingerprint density at radius 2 is 2.08 bits per heavy atom. The quantitative estimate of drug-likeness (QED) is 0.478. The Kier molecular flexibility index (Phi) is 6.20. The van der Waals surface area contributed by atoms with Gasteiger partial charge in [-0.15, -0.1) is 11.8 Å². The van der Waals surface area contributed by atoms with E-state index in [-0.39, 0.29) is 23.2 Å². The van der Waals surface area contributed by atoms with E-state index in [0.29, 0.717) is 21.9 Å². The number of carbonyl (C=O) groups excluding carboxylic acids is 1. The van der Waals surface area contributed by atoms with E-state index in [9.17, 15) is 14.3 Å². The molecule has 0 unspecified atom stereocenters. The second-order valence-corrected chi connectivity index (χ2v) is 5.85. The molecule has 2 N–H and O–H groups in total. The summed E-state index contributed by atoms with van der Waals surface area (Å²) in [5, 5.41) is 13.9. The highest BCUT2D eigenvalue weighted by molar-refractivity contribution is 8.00. The highest BCUT2D eigenvalue weighted by Crippen LogP contribution is 2.24. The smallest absolute Gasteiger partial charge is 0.250 e. The molecule has 2 aromatic rings. The summed E-state index contributed by atoms with van der Waals surface area (Å²) in [6.07, 6.45) is 0. The third-order valence-electron chi connectivity index (χ3n) is 3.14. The number of nitrogens with one attached hydrogen (secondary N) is 1. The third-order valence-corrected chi connectivity index (χ3v) is 4.19. The lowest BCUT2D eigenvalue weighted by atomic mass is 10.1. The van der Waals surface area contributed by atoms with Crippen molar-refractivity contribution in [2.24, 2.45) is 5.10 Å². The fourth-order valence-corrected chi connectivity index (χ4v) is 2.62. The first-order chi connectivity index (χ1) is 11.5. The van der Waals surface area contributed by atoms with Crippen LogP contribution < -0.4 is 10.2 Å². The molecule has 24 heavy (non-hydrogen) atoms. The summed E-state index contributed by atoms with van der Waals surface area (Å²) in [7, 11) is 1.50. The number of carbonyl (C=O) groups is 1. The van der Waals surface area contributed by atoms with Gasteiger partial charge in [-0.05, 0) is 31.2 Å². The van der Waals surface area contributed by atoms with Crippen molar-refractivity contribution in [2.75, 3.05) is 12.9 Å². The molecule has 5 nitrogen and oxygen atoms in total. The number of halogens is 1. The molecule has 126 valence electrons. The Morgan fingerprint density at radius 1 is 1.33 bits per heavy atom. The van der Waals surface area contributed by atoms with Crippen LogP contribution in [0.25, 0.3) is 0 Å². The van der Waals surface area contributed by atoms with E-state index in [1.165, 1.54) is 19.2 Å². The van der Waals surface area contributed by atoms with Crippen molar-refractivity contribution < 1.29 is 19.0 Å². The number of benzene rings is 2. The molecule has 0 aliphatic rings. The van der Waals surface area contributed by atoms with Crippen LogP contribution >= 0.6 is 11.8 Å². The number of rotatable bonds is 6. The highest BCUT2D eigenvalue weighted by atomic mass is 32.2. The number of ether oxygens (including phenoxy) is 1. The maximum atomic E-state index is 13.5. The molecule has 0 heterocycles. The van der Waals surface area contributed by atoms with Gasteiger partial charge in [-0.25, -0.2) is 9.82 Å². The zero-order chi connectivity index (χ0) is 17.5. The number of amides is 1. The molecule has 2 aromatic carbocycles. The lowest BCUT2D eigenvalue weighted by Gasteiger charge is -2.07. The van der Waals surface area contributed by atoms with E-state index in [4.69, 9.17) is 4.74 Å². The van der Waals surface area contributed by atoms with Crippen LogP contribution in [0.2, 0.25) is 0 Å². The van der Waals surface area contributed by atoms with Crippen LogP contribution in [0.15, 0.2) is 52.5 Å². The van der Waals surface area contributed by atoms with E-state index in [0.717, 1.165) is 11.8 Å². The van der Waals surface area contributed by atoms with Crippen molar-refractivity contribution in [3.63, 3.8) is 0 Å². The van der Waals surface area contributed by atoms with Gasteiger partial charge in [0.15, 0.2) is 0 Å². The van der Waals surface area contributed by atoms with Gasteiger partial charge in [0.25, 0.3) is 0 Å². The number of methoxy groups -OCH3 is 1. The van der Waals surface area contributed by atoms with Crippen molar-refractivity contribution in [1.29, 1.82) is 0 Å². The number of phenols is 1. The standard InChI is InChI=1S/C17H17FN2O3S/c1-11(13-8-7-12(23-2)9-15(13)21)19-20-17(22)10-24-16-6-4-3-5-14(16)18/h3-9,21H,10H2,1-2H3,(H,20,22)/b19-11+. The van der Waals surface area contributed by atoms with Crippen molar-refractivity contribution in [2.45, 2.75) is 11.8 Å². The zero-order valence-electron chi connectivity index (χ0n) is 13.2. The normalized spacial score (nSPS) is 11.2. The van der Waals surface area contributed by atoms with E-state index in [1.54, 1.807) is 37.3 Å². The number of hydrogen-bond donors (Lipinski definition) is 2. The average molecular weight is 348 g/mol. The fraction of sp³-hybridized carbons (Fsp3) is 0.176. The Labute approximate surface area is 143 Å². The molecule has 0 spiro atoms. The van der Waals surface area contributed by atoms with Gasteiger partial charge in [0, 0.05) is 16.5 Å². The number of phenolic OH excluding ortho intramolecular Hbond substituents is 1. The highest BCUT2D eigenvalue weighted by Gasteiger charge is 2.08. The summed E-state index contributed by atoms with van der Waals surface area (Å²) in [4.78, 5) is 12.2. The number of hydrogen-bond acceptors (Lipinski definition) is 5. The Bertz CT molecular complexity index is 765. The van der Waals surface area contributed by atoms with Gasteiger partial charge in [0.2, 0.25) is 5.91 Å². The first-order valence-corrected chi connectivity index (χ1v) is 8.07. The largest absolute Gasteiger partial charge is 0.507 e. The van der Waals surface area contributed by atoms with Gasteiger partial charge >= 0.3 is 0 Å². The zero-order valence-corrected chi connectivity index (χ0v) is 14.1. The van der Waals surface area contributed by atoms with E-state index < -0.39 is 0 Å². The van der Waals surface area contributed by atoms with E-state index in [1.807, 2.05) is 0 Å². The summed E-state index contributed by atoms with van der Waals surface area (Å²) in [6, 6.07) is 11.0. The van der Waals surface area contributed by atoms with Crippen molar-refractivity contribution in [3.05, 3.63) is 53.8 Å². The molecular formula is C17H17FN2O3S. The predicted molar refractivity (Wildman–Crippen MR) is 92.1 cm³/mol. The molecule has 1 amide bonds. The summed E-state index contributed by atoms with van der Waals surface area (Å²) < 4.78 is 18.5. The van der Waals surface area contributed by atoms with Gasteiger partial charge < -0.3 is 9.84 Å². The summed E-state index contributed by atoms with van der Waals surface area (Å²) in [5.41, 5.74) is 3.32. The summed E-state index contributed by atoms with van der Waals surface area (Å²) in [5.74, 6) is -0.166. The van der Waals surface area contributed by atoms with Crippen LogP contribution in [0.1, 0.15) is 12.5 Å². The van der Waals surface area contributed by atoms with Crippen LogP contribution in [-0.4, -0.2) is 29.6 Å². The first kappa shape index (κ1) is 17.8. The fourth-order valence-electron chi connectivity index (χ4n) is 1.89. The molecule has 0 fully saturated rings. The molecular weight excluding hydrogens is 331 g/mol. The lowest BCUT2D eigenvalue weighted by Crippen LogP contribution is -2.21. The molecule has 0 aliphatic carbocycles. The molecule has 2 rings (SSSR count). The predicted octanol–water partition coefficient (Wildman–Crippen LogP) is 3.17. The van der Waals surface area contributed by atoms with Crippen LogP contribution in [0.3, 0.4) is 0 Å². The van der Waals surface area contributed by atoms with E-state index >= 15 is 0 Å². The number of hydrazone groups is 1. The SMILES string of the molecule is COc1ccc(/C(C)=N/NC(=O)CSc2ccccc2F)c(O)c1. The Balaban J connectivity index is 1.94. The van der Waals surface area contributed by atoms with Crippen LogP contribution in [0.5, 0.6) is 11.5 Å². The Morgan fingerprint density at radius 3 is 2.75 bits per heavy atom. The van der Waals surface area contributed by atoms with E-state index in [2.05, 4.69) is 10.5 Å². The molecule has 0 saturated carbocycles. The minimum atomic E-state index is -0.365. The lowest BCUT2D eigenvalue weighted by molar-refractivity contribution is -0.118. The van der Waals surface area contributed by atoms with Crippen molar-refractivity contribution in [3.8, 4) is 11.5 Å². The molecule has 0 atom stereocenters. The second kappa shape index (κ2) is 8.35. The van der Waals surface area contributed by atoms with Gasteiger partial charge in [-0.2, -0.15) is 5.10 Å². The van der Waals surface area contributed by atoms with Crippen LogP contribution in [0, 0.1) is 5.82 Å². The first-order valence-electron chi connectivity index (χ1n) is 7.09. The number of aromatic hydroxyl groups is 1. The third kappa shape index (κ3) is 4.73. The molecule has 0 aromatic heterocycles. The van der Waals surface area contributed by atoms with Crippen molar-refractivity contribution in [1.82, 2.24) is 5.43 Å². The maximum absolute atomic E-state index is 13.5. The summed E-state index contributed by atoms with van der Waals surface area (Å²) in [6.45, 7) is 1.66. The maximum Gasteiger partial charge on any atom is 0.250 e. The number of thioether (sulfide) groups is 1. The topological polar surface area (TPSA) is 70.9 Å². The minimum Gasteiger partial charge on any atom is -0.507 e. The van der Waals surface area contributed by atoms with Gasteiger partial charge in [-0.3, -0.25) is 4.79 Å². The van der Waals surface area contributed by atoms with Crippen LogP contribution in [0.4, 0.5) is 4.39 Å². The molecule has 0 bridgehead atoms. The molecule has 7 heteroatoms. The van der Waals surface area contributed by atoms with Gasteiger partial charge in [0.1, 0.15) is 17.3 Å².